The first-order chi connectivity index (χ1) is 9.58. The fourth-order valence-electron chi connectivity index (χ4n) is 2.75. The Morgan fingerprint density at radius 2 is 1.95 bits per heavy atom. The molecule has 21 heavy (non-hydrogen) atoms. The molecule has 0 bridgehead atoms. The Morgan fingerprint density at radius 3 is 2.62 bits per heavy atom. The van der Waals surface area contributed by atoms with Crippen LogP contribution in [0, 0.1) is 5.92 Å². The molecule has 2 unspecified atom stereocenters. The fraction of sp³-hybridized carbons (Fsp3) is 0.571. The predicted molar refractivity (Wildman–Crippen MR) is 90.6 cm³/mol. The molecule has 7 heteroatoms. The van der Waals surface area contributed by atoms with E-state index < -0.39 is 10.0 Å². The Labute approximate surface area is 137 Å². The van der Waals surface area contributed by atoms with Crippen LogP contribution in [0.2, 0.25) is 0 Å². The Balaban J connectivity index is 0.00000220. The number of nitrogens with one attached hydrogen (secondary N) is 1. The van der Waals surface area contributed by atoms with E-state index in [9.17, 15) is 8.42 Å². The highest BCUT2D eigenvalue weighted by Crippen LogP contribution is 2.28. The molecule has 3 N–H and O–H groups in total. The van der Waals surface area contributed by atoms with Gasteiger partial charge in [0.2, 0.25) is 10.0 Å². The van der Waals surface area contributed by atoms with Crippen LogP contribution in [0.15, 0.2) is 34.1 Å². The van der Waals surface area contributed by atoms with Crippen molar-refractivity contribution in [1.82, 2.24) is 4.72 Å². The molecule has 2 atom stereocenters. The van der Waals surface area contributed by atoms with Crippen molar-refractivity contribution in [3.05, 3.63) is 24.3 Å². The van der Waals surface area contributed by atoms with Crippen molar-refractivity contribution in [2.45, 2.75) is 41.5 Å². The summed E-state index contributed by atoms with van der Waals surface area (Å²) in [5, 5.41) is 0. The Morgan fingerprint density at radius 1 is 1.29 bits per heavy atom. The van der Waals surface area contributed by atoms with E-state index in [4.69, 9.17) is 5.73 Å². The van der Waals surface area contributed by atoms with Gasteiger partial charge in [-0.15, -0.1) is 24.2 Å². The molecule has 2 rings (SSSR count). The van der Waals surface area contributed by atoms with Gasteiger partial charge in [0, 0.05) is 10.9 Å². The summed E-state index contributed by atoms with van der Waals surface area (Å²) in [7, 11) is -3.47. The Hall–Kier alpha value is -0.270. The minimum atomic E-state index is -3.47. The largest absolute Gasteiger partial charge is 0.330 e. The zero-order chi connectivity index (χ0) is 14.6. The summed E-state index contributed by atoms with van der Waals surface area (Å²) >= 11 is 1.45. The Kier molecular flexibility index (Phi) is 7.50. The number of sulfonamides is 1. The van der Waals surface area contributed by atoms with Crippen LogP contribution >= 0.6 is 24.2 Å². The number of thioether (sulfide) groups is 1. The summed E-state index contributed by atoms with van der Waals surface area (Å²) in [6, 6.07) is 7.08. The lowest BCUT2D eigenvalue weighted by Crippen LogP contribution is -2.44. The van der Waals surface area contributed by atoms with Gasteiger partial charge in [0.25, 0.3) is 0 Å². The molecule has 120 valence electrons. The summed E-state index contributed by atoms with van der Waals surface area (Å²) in [5.41, 5.74) is 5.77. The molecule has 4 nitrogen and oxygen atoms in total. The lowest BCUT2D eigenvalue weighted by molar-refractivity contribution is 0.296. The summed E-state index contributed by atoms with van der Waals surface area (Å²) in [5.74, 6) is 0.250. The average molecular weight is 351 g/mol. The maximum absolute atomic E-state index is 12.6. The van der Waals surface area contributed by atoms with Crippen LogP contribution in [-0.4, -0.2) is 27.3 Å². The van der Waals surface area contributed by atoms with E-state index in [1.165, 1.54) is 11.8 Å². The van der Waals surface area contributed by atoms with Crippen molar-refractivity contribution in [1.29, 1.82) is 0 Å². The zero-order valence-corrected chi connectivity index (χ0v) is 14.6. The molecule has 0 radical (unpaired) electrons. The van der Waals surface area contributed by atoms with Crippen molar-refractivity contribution in [3.63, 3.8) is 0 Å². The molecule has 1 aliphatic carbocycles. The van der Waals surface area contributed by atoms with Gasteiger partial charge in [-0.3, -0.25) is 0 Å². The highest BCUT2D eigenvalue weighted by atomic mass is 35.5. The molecule has 0 saturated heterocycles. The standard InChI is InChI=1S/C14H22N2O2S2.ClH/c1-19-13-8-4-5-9-14(13)20(17,18)16-12-7-3-2-6-11(12)10-15;/h4-5,8-9,11-12,16H,2-3,6-7,10,15H2,1H3;1H. The van der Waals surface area contributed by atoms with E-state index in [-0.39, 0.29) is 24.4 Å². The molecule has 0 aliphatic heterocycles. The second-order valence-corrected chi connectivity index (χ2v) is 7.69. The van der Waals surface area contributed by atoms with E-state index in [0.29, 0.717) is 11.4 Å². The SMILES string of the molecule is CSc1ccccc1S(=O)(=O)NC1CCCCC1CN.Cl. The van der Waals surface area contributed by atoms with Gasteiger partial charge in [-0.1, -0.05) is 25.0 Å². The van der Waals surface area contributed by atoms with Crippen LogP contribution < -0.4 is 10.5 Å². The minimum absolute atomic E-state index is 0. The number of hydrogen-bond acceptors (Lipinski definition) is 4. The number of hydrogen-bond donors (Lipinski definition) is 2. The lowest BCUT2D eigenvalue weighted by atomic mass is 9.85. The van der Waals surface area contributed by atoms with Crippen LogP contribution in [0.4, 0.5) is 0 Å². The maximum atomic E-state index is 12.6. The smallest absolute Gasteiger partial charge is 0.241 e. The average Bonchev–Trinajstić information content (AvgIpc) is 2.47. The molecule has 1 aliphatic rings. The van der Waals surface area contributed by atoms with Crippen LogP contribution in [0.3, 0.4) is 0 Å². The fourth-order valence-corrected chi connectivity index (χ4v) is 5.24. The zero-order valence-electron chi connectivity index (χ0n) is 12.1. The molecule has 0 aromatic heterocycles. The molecule has 1 saturated carbocycles. The summed E-state index contributed by atoms with van der Waals surface area (Å²) in [4.78, 5) is 1.15. The quantitative estimate of drug-likeness (QED) is 0.801. The number of benzene rings is 1. The molecule has 0 spiro atoms. The van der Waals surface area contributed by atoms with Crippen molar-refractivity contribution in [2.75, 3.05) is 12.8 Å². The second-order valence-electron chi connectivity index (χ2n) is 5.16. The third-order valence-corrected chi connectivity index (χ3v) is 6.35. The molecule has 1 aromatic carbocycles. The number of rotatable bonds is 5. The van der Waals surface area contributed by atoms with Gasteiger partial charge in [0.05, 0.1) is 4.90 Å². The van der Waals surface area contributed by atoms with E-state index >= 15 is 0 Å². The van der Waals surface area contributed by atoms with E-state index in [1.807, 2.05) is 18.4 Å². The molecular formula is C14H23ClN2O2S2. The third kappa shape index (κ3) is 4.60. The van der Waals surface area contributed by atoms with E-state index in [0.717, 1.165) is 30.6 Å². The molecular weight excluding hydrogens is 328 g/mol. The topological polar surface area (TPSA) is 72.2 Å². The van der Waals surface area contributed by atoms with Gasteiger partial charge in [0.15, 0.2) is 0 Å². The molecule has 0 amide bonds. The predicted octanol–water partition coefficient (Wildman–Crippen LogP) is 2.63. The normalized spacial score (nSPS) is 22.6. The maximum Gasteiger partial charge on any atom is 0.241 e. The van der Waals surface area contributed by atoms with E-state index in [2.05, 4.69) is 4.72 Å². The first-order valence-corrected chi connectivity index (χ1v) is 9.64. The number of halogens is 1. The molecule has 1 fully saturated rings. The first-order valence-electron chi connectivity index (χ1n) is 6.94. The van der Waals surface area contributed by atoms with Gasteiger partial charge in [-0.05, 0) is 43.7 Å². The van der Waals surface area contributed by atoms with Crippen molar-refractivity contribution in [3.8, 4) is 0 Å². The van der Waals surface area contributed by atoms with Crippen molar-refractivity contribution in [2.24, 2.45) is 11.7 Å². The summed E-state index contributed by atoms with van der Waals surface area (Å²) in [6.07, 6.45) is 5.98. The van der Waals surface area contributed by atoms with Gasteiger partial charge in [-0.25, -0.2) is 13.1 Å². The highest BCUT2D eigenvalue weighted by molar-refractivity contribution is 7.99. The van der Waals surface area contributed by atoms with Gasteiger partial charge in [-0.2, -0.15) is 0 Å². The lowest BCUT2D eigenvalue weighted by Gasteiger charge is -2.31. The highest BCUT2D eigenvalue weighted by Gasteiger charge is 2.29. The van der Waals surface area contributed by atoms with Gasteiger partial charge in [0.1, 0.15) is 0 Å². The summed E-state index contributed by atoms with van der Waals surface area (Å²) in [6.45, 7) is 0.539. The van der Waals surface area contributed by atoms with Gasteiger partial charge < -0.3 is 5.73 Å². The second kappa shape index (κ2) is 8.39. The van der Waals surface area contributed by atoms with Crippen LogP contribution in [0.5, 0.6) is 0 Å². The minimum Gasteiger partial charge on any atom is -0.330 e. The van der Waals surface area contributed by atoms with Crippen LogP contribution in [-0.2, 0) is 10.0 Å². The molecule has 1 aromatic rings. The number of nitrogens with two attached hydrogens (primary N) is 1. The first kappa shape index (κ1) is 18.8. The van der Waals surface area contributed by atoms with Crippen LogP contribution in [0.1, 0.15) is 25.7 Å². The van der Waals surface area contributed by atoms with Crippen molar-refractivity contribution >= 4 is 34.2 Å². The van der Waals surface area contributed by atoms with Gasteiger partial charge >= 0.3 is 0 Å². The van der Waals surface area contributed by atoms with Crippen molar-refractivity contribution < 1.29 is 8.42 Å². The monoisotopic (exact) mass is 350 g/mol. The van der Waals surface area contributed by atoms with Crippen LogP contribution in [0.25, 0.3) is 0 Å². The third-order valence-electron chi connectivity index (χ3n) is 3.88. The van der Waals surface area contributed by atoms with E-state index in [1.54, 1.807) is 12.1 Å². The Bertz CT molecular complexity index is 552. The summed E-state index contributed by atoms with van der Waals surface area (Å²) < 4.78 is 28.0. The molecule has 0 heterocycles.